The van der Waals surface area contributed by atoms with E-state index in [9.17, 15) is 14.4 Å². The number of anilines is 1. The number of nitrogens with one attached hydrogen (secondary N) is 1. The molecule has 0 aliphatic heterocycles. The standard InChI is InChI=1S/C19H19NO7/c1-24-14-7-8-15(17(9-14)25-2)20-18(22)11-27-19(23)12-26-16-6-4-3-5-13(16)10-21/h3-10H,11-12H2,1-2H3,(H,20,22). The molecule has 142 valence electrons. The highest BCUT2D eigenvalue weighted by Gasteiger charge is 2.12. The van der Waals surface area contributed by atoms with Crippen molar-refractivity contribution in [2.75, 3.05) is 32.8 Å². The number of hydrogen-bond donors (Lipinski definition) is 1. The first-order chi connectivity index (χ1) is 13.1. The molecule has 2 aromatic carbocycles. The number of methoxy groups -OCH3 is 2. The van der Waals surface area contributed by atoms with Gasteiger partial charge in [0.2, 0.25) is 0 Å². The Balaban J connectivity index is 1.83. The van der Waals surface area contributed by atoms with Gasteiger partial charge in [-0.1, -0.05) is 12.1 Å². The van der Waals surface area contributed by atoms with E-state index in [0.717, 1.165) is 0 Å². The second kappa shape index (κ2) is 9.81. The van der Waals surface area contributed by atoms with Crippen molar-refractivity contribution in [3.63, 3.8) is 0 Å². The highest BCUT2D eigenvalue weighted by Crippen LogP contribution is 2.28. The Bertz CT molecular complexity index is 819. The second-order valence-corrected chi connectivity index (χ2v) is 5.22. The minimum Gasteiger partial charge on any atom is -0.497 e. The molecule has 0 radical (unpaired) electrons. The molecular weight excluding hydrogens is 354 g/mol. The van der Waals surface area contributed by atoms with Crippen LogP contribution in [-0.4, -0.2) is 45.6 Å². The Morgan fingerprint density at radius 3 is 2.48 bits per heavy atom. The lowest BCUT2D eigenvalue weighted by atomic mass is 10.2. The van der Waals surface area contributed by atoms with Crippen molar-refractivity contribution in [1.29, 1.82) is 0 Å². The summed E-state index contributed by atoms with van der Waals surface area (Å²) in [7, 11) is 2.97. The normalized spacial score (nSPS) is 9.85. The first-order valence-electron chi connectivity index (χ1n) is 7.92. The number of aldehydes is 1. The van der Waals surface area contributed by atoms with Gasteiger partial charge < -0.3 is 24.3 Å². The molecule has 2 aromatic rings. The topological polar surface area (TPSA) is 100 Å². The van der Waals surface area contributed by atoms with Gasteiger partial charge in [0.15, 0.2) is 19.5 Å². The average Bonchev–Trinajstić information content (AvgIpc) is 2.71. The van der Waals surface area contributed by atoms with Crippen LogP contribution in [0, 0.1) is 0 Å². The molecule has 2 rings (SSSR count). The van der Waals surface area contributed by atoms with E-state index in [-0.39, 0.29) is 5.75 Å². The fourth-order valence-corrected chi connectivity index (χ4v) is 2.12. The zero-order chi connectivity index (χ0) is 19.6. The van der Waals surface area contributed by atoms with Gasteiger partial charge in [0.25, 0.3) is 5.91 Å². The van der Waals surface area contributed by atoms with Crippen molar-refractivity contribution >= 4 is 23.9 Å². The predicted octanol–water partition coefficient (Wildman–Crippen LogP) is 2.08. The molecule has 0 spiro atoms. The van der Waals surface area contributed by atoms with Gasteiger partial charge in [-0.25, -0.2) is 4.79 Å². The molecule has 0 saturated carbocycles. The summed E-state index contributed by atoms with van der Waals surface area (Å²) in [6.45, 7) is -0.920. The Kier molecular flexibility index (Phi) is 7.18. The smallest absolute Gasteiger partial charge is 0.344 e. The maximum Gasteiger partial charge on any atom is 0.344 e. The minimum atomic E-state index is -0.743. The number of amides is 1. The maximum absolute atomic E-state index is 12.0. The molecule has 1 N–H and O–H groups in total. The molecule has 8 heteroatoms. The van der Waals surface area contributed by atoms with Gasteiger partial charge in [-0.3, -0.25) is 9.59 Å². The van der Waals surface area contributed by atoms with E-state index in [1.807, 2.05) is 0 Å². The number of esters is 1. The lowest BCUT2D eigenvalue weighted by Gasteiger charge is -2.12. The van der Waals surface area contributed by atoms with Crippen LogP contribution in [0.1, 0.15) is 10.4 Å². The summed E-state index contributed by atoms with van der Waals surface area (Å²) in [5.74, 6) is -0.0450. The molecule has 0 atom stereocenters. The van der Waals surface area contributed by atoms with E-state index in [2.05, 4.69) is 5.32 Å². The van der Waals surface area contributed by atoms with E-state index in [1.165, 1.54) is 14.2 Å². The highest BCUT2D eigenvalue weighted by molar-refractivity contribution is 5.94. The van der Waals surface area contributed by atoms with Crippen LogP contribution in [-0.2, 0) is 14.3 Å². The van der Waals surface area contributed by atoms with E-state index >= 15 is 0 Å². The Morgan fingerprint density at radius 2 is 1.78 bits per heavy atom. The number of carbonyl (C=O) groups is 3. The van der Waals surface area contributed by atoms with Gasteiger partial charge in [0.05, 0.1) is 25.5 Å². The van der Waals surface area contributed by atoms with Crippen molar-refractivity contribution in [3.8, 4) is 17.2 Å². The van der Waals surface area contributed by atoms with Gasteiger partial charge >= 0.3 is 5.97 Å². The summed E-state index contributed by atoms with van der Waals surface area (Å²) in [5.41, 5.74) is 0.727. The molecule has 0 heterocycles. The molecule has 0 aliphatic rings. The van der Waals surface area contributed by atoms with Crippen LogP contribution in [0.4, 0.5) is 5.69 Å². The Hall–Kier alpha value is -3.55. The average molecular weight is 373 g/mol. The Labute approximate surface area is 156 Å². The Morgan fingerprint density at radius 1 is 1.00 bits per heavy atom. The van der Waals surface area contributed by atoms with Crippen LogP contribution < -0.4 is 19.5 Å². The number of hydrogen-bond acceptors (Lipinski definition) is 7. The zero-order valence-electron chi connectivity index (χ0n) is 14.9. The molecule has 27 heavy (non-hydrogen) atoms. The SMILES string of the molecule is COc1ccc(NC(=O)COC(=O)COc2ccccc2C=O)c(OC)c1. The summed E-state index contributed by atoms with van der Waals surface area (Å²) in [5, 5.41) is 2.58. The lowest BCUT2D eigenvalue weighted by Crippen LogP contribution is -2.24. The highest BCUT2D eigenvalue weighted by atomic mass is 16.6. The quantitative estimate of drug-likeness (QED) is 0.530. The summed E-state index contributed by atoms with van der Waals surface area (Å²) in [6, 6.07) is 11.3. The number of carbonyl (C=O) groups excluding carboxylic acids is 3. The largest absolute Gasteiger partial charge is 0.497 e. The summed E-state index contributed by atoms with van der Waals surface area (Å²) in [6.07, 6.45) is 0.621. The molecule has 0 unspecified atom stereocenters. The van der Waals surface area contributed by atoms with Crippen molar-refractivity contribution in [3.05, 3.63) is 48.0 Å². The lowest BCUT2D eigenvalue weighted by molar-refractivity contribution is -0.149. The number of para-hydroxylation sites is 1. The van der Waals surface area contributed by atoms with Gasteiger partial charge in [0, 0.05) is 6.07 Å². The molecule has 0 fully saturated rings. The third-order valence-electron chi connectivity index (χ3n) is 3.44. The molecule has 0 saturated heterocycles. The number of benzene rings is 2. The van der Waals surface area contributed by atoms with E-state index in [1.54, 1.807) is 42.5 Å². The van der Waals surface area contributed by atoms with Crippen LogP contribution in [0.3, 0.4) is 0 Å². The molecule has 0 aromatic heterocycles. The predicted molar refractivity (Wildman–Crippen MR) is 96.5 cm³/mol. The first kappa shape index (κ1) is 19.8. The fraction of sp³-hybridized carbons (Fsp3) is 0.211. The third kappa shape index (κ3) is 5.74. The van der Waals surface area contributed by atoms with Gasteiger partial charge in [-0.15, -0.1) is 0 Å². The van der Waals surface area contributed by atoms with Gasteiger partial charge in [-0.2, -0.15) is 0 Å². The molecule has 0 aliphatic carbocycles. The van der Waals surface area contributed by atoms with Gasteiger partial charge in [-0.05, 0) is 24.3 Å². The molecule has 1 amide bonds. The second-order valence-electron chi connectivity index (χ2n) is 5.22. The van der Waals surface area contributed by atoms with Crippen molar-refractivity contribution < 1.29 is 33.3 Å². The molecule has 8 nitrogen and oxygen atoms in total. The van der Waals surface area contributed by atoms with Crippen LogP contribution in [0.5, 0.6) is 17.2 Å². The monoisotopic (exact) mass is 373 g/mol. The van der Waals surface area contributed by atoms with E-state index < -0.39 is 25.1 Å². The van der Waals surface area contributed by atoms with Crippen molar-refractivity contribution in [2.45, 2.75) is 0 Å². The fourth-order valence-electron chi connectivity index (χ4n) is 2.12. The van der Waals surface area contributed by atoms with Gasteiger partial charge in [0.1, 0.15) is 17.2 Å². The van der Waals surface area contributed by atoms with Crippen LogP contribution >= 0.6 is 0 Å². The van der Waals surface area contributed by atoms with E-state index in [4.69, 9.17) is 18.9 Å². The van der Waals surface area contributed by atoms with Crippen LogP contribution in [0.15, 0.2) is 42.5 Å². The van der Waals surface area contributed by atoms with Crippen molar-refractivity contribution in [2.24, 2.45) is 0 Å². The molecule has 0 bridgehead atoms. The summed E-state index contributed by atoms with van der Waals surface area (Å²) < 4.78 is 20.3. The maximum atomic E-state index is 12.0. The van der Waals surface area contributed by atoms with Crippen LogP contribution in [0.2, 0.25) is 0 Å². The number of rotatable bonds is 9. The summed E-state index contributed by atoms with van der Waals surface area (Å²) in [4.78, 5) is 34.6. The zero-order valence-corrected chi connectivity index (χ0v) is 14.9. The first-order valence-corrected chi connectivity index (χ1v) is 7.92. The van der Waals surface area contributed by atoms with E-state index in [0.29, 0.717) is 29.0 Å². The molecular formula is C19H19NO7. The van der Waals surface area contributed by atoms with Crippen LogP contribution in [0.25, 0.3) is 0 Å². The minimum absolute atomic E-state index is 0.261. The number of ether oxygens (including phenoxy) is 4. The summed E-state index contributed by atoms with van der Waals surface area (Å²) >= 11 is 0. The van der Waals surface area contributed by atoms with Crippen molar-refractivity contribution in [1.82, 2.24) is 0 Å². The third-order valence-corrected chi connectivity index (χ3v) is 3.44.